The van der Waals surface area contributed by atoms with E-state index in [2.05, 4.69) is 10.3 Å². The van der Waals surface area contributed by atoms with E-state index in [1.54, 1.807) is 22.8 Å². The number of carbonyl (C=O) groups is 1. The fourth-order valence-electron chi connectivity index (χ4n) is 3.52. The number of benzene rings is 3. The van der Waals surface area contributed by atoms with Crippen molar-refractivity contribution in [3.63, 3.8) is 0 Å². The fraction of sp³-hybridized carbons (Fsp3) is 0.160. The van der Waals surface area contributed by atoms with E-state index in [0.717, 1.165) is 11.1 Å². The van der Waals surface area contributed by atoms with Crippen LogP contribution in [-0.2, 0) is 4.79 Å². The number of ether oxygens (including phenoxy) is 1. The molecule has 6 heteroatoms. The molecule has 31 heavy (non-hydrogen) atoms. The summed E-state index contributed by atoms with van der Waals surface area (Å²) in [6, 6.07) is 20.3. The van der Waals surface area contributed by atoms with E-state index in [-0.39, 0.29) is 18.1 Å². The first-order chi connectivity index (χ1) is 14.9. The van der Waals surface area contributed by atoms with Gasteiger partial charge in [0.25, 0.3) is 11.5 Å². The maximum atomic E-state index is 13.0. The van der Waals surface area contributed by atoms with Gasteiger partial charge in [-0.1, -0.05) is 24.3 Å². The summed E-state index contributed by atoms with van der Waals surface area (Å²) >= 11 is 0. The van der Waals surface area contributed by atoms with Gasteiger partial charge in [-0.2, -0.15) is 0 Å². The summed E-state index contributed by atoms with van der Waals surface area (Å²) < 4.78 is 7.15. The third-order valence-electron chi connectivity index (χ3n) is 5.05. The minimum atomic E-state index is -0.252. The Bertz CT molecular complexity index is 1340. The van der Waals surface area contributed by atoms with Gasteiger partial charge in [-0.3, -0.25) is 14.2 Å². The molecular formula is C25H23N3O3. The predicted molar refractivity (Wildman–Crippen MR) is 122 cm³/mol. The van der Waals surface area contributed by atoms with E-state index in [0.29, 0.717) is 33.9 Å². The van der Waals surface area contributed by atoms with Crippen molar-refractivity contribution in [2.24, 2.45) is 0 Å². The number of hydrogen-bond acceptors (Lipinski definition) is 4. The molecule has 0 aliphatic heterocycles. The van der Waals surface area contributed by atoms with E-state index >= 15 is 0 Å². The average molecular weight is 413 g/mol. The van der Waals surface area contributed by atoms with Gasteiger partial charge in [0, 0.05) is 5.69 Å². The SMILES string of the molecule is Cc1cccc(OCC(=O)Nc2ccc(-n3c(C)nc4ccccc4c3=O)cc2C)c1. The summed E-state index contributed by atoms with van der Waals surface area (Å²) in [5.74, 6) is 1.00. The molecule has 0 bridgehead atoms. The Hall–Kier alpha value is -3.93. The number of anilines is 1. The van der Waals surface area contributed by atoms with Gasteiger partial charge in [-0.15, -0.1) is 0 Å². The van der Waals surface area contributed by atoms with Gasteiger partial charge in [0.15, 0.2) is 6.61 Å². The van der Waals surface area contributed by atoms with Crippen LogP contribution in [0.25, 0.3) is 16.6 Å². The standard InChI is InChI=1S/C25H23N3O3/c1-16-7-6-8-20(13-16)31-15-24(29)27-22-12-11-19(14-17(22)2)28-18(3)26-23-10-5-4-9-21(23)25(28)30/h4-14H,15H2,1-3H3,(H,27,29). The molecule has 1 aromatic heterocycles. The van der Waals surface area contributed by atoms with Crippen LogP contribution in [-0.4, -0.2) is 22.1 Å². The Morgan fingerprint density at radius 3 is 2.58 bits per heavy atom. The number of nitrogens with one attached hydrogen (secondary N) is 1. The lowest BCUT2D eigenvalue weighted by Gasteiger charge is -2.14. The maximum absolute atomic E-state index is 13.0. The number of nitrogens with zero attached hydrogens (tertiary/aromatic N) is 2. The molecule has 1 amide bonds. The topological polar surface area (TPSA) is 73.2 Å². The second-order valence-corrected chi connectivity index (χ2v) is 7.47. The lowest BCUT2D eigenvalue weighted by atomic mass is 10.1. The second kappa shape index (κ2) is 8.44. The zero-order valence-corrected chi connectivity index (χ0v) is 17.7. The molecule has 4 rings (SSSR count). The number of aryl methyl sites for hydroxylation is 3. The van der Waals surface area contributed by atoms with Gasteiger partial charge in [-0.25, -0.2) is 4.98 Å². The molecule has 0 fully saturated rings. The Morgan fingerprint density at radius 1 is 1.00 bits per heavy atom. The minimum absolute atomic E-state index is 0.0855. The van der Waals surface area contributed by atoms with Crippen molar-refractivity contribution in [1.29, 1.82) is 0 Å². The Morgan fingerprint density at radius 2 is 1.81 bits per heavy atom. The van der Waals surface area contributed by atoms with Gasteiger partial charge >= 0.3 is 0 Å². The number of fused-ring (bicyclic) bond motifs is 1. The smallest absolute Gasteiger partial charge is 0.265 e. The fourth-order valence-corrected chi connectivity index (χ4v) is 3.52. The molecule has 1 heterocycles. The number of hydrogen-bond donors (Lipinski definition) is 1. The summed E-state index contributed by atoms with van der Waals surface area (Å²) in [6.45, 7) is 5.57. The number of aromatic nitrogens is 2. The monoisotopic (exact) mass is 413 g/mol. The molecule has 1 N–H and O–H groups in total. The molecule has 4 aromatic rings. The third kappa shape index (κ3) is 4.33. The van der Waals surface area contributed by atoms with E-state index in [4.69, 9.17) is 4.74 Å². The molecule has 156 valence electrons. The molecule has 0 aliphatic carbocycles. The van der Waals surface area contributed by atoms with Crippen LogP contribution in [0.2, 0.25) is 0 Å². The van der Waals surface area contributed by atoms with Crippen molar-refractivity contribution in [2.75, 3.05) is 11.9 Å². The Balaban J connectivity index is 1.54. The quantitative estimate of drug-likeness (QED) is 0.529. The van der Waals surface area contributed by atoms with Crippen LogP contribution < -0.4 is 15.6 Å². The molecule has 0 saturated carbocycles. The highest BCUT2D eigenvalue weighted by Crippen LogP contribution is 2.20. The summed E-state index contributed by atoms with van der Waals surface area (Å²) in [4.78, 5) is 29.9. The first kappa shape index (κ1) is 20.3. The molecule has 3 aromatic carbocycles. The zero-order chi connectivity index (χ0) is 22.0. The van der Waals surface area contributed by atoms with Crippen LogP contribution in [0.1, 0.15) is 17.0 Å². The Labute approximate surface area is 180 Å². The van der Waals surface area contributed by atoms with Gasteiger partial charge in [0.1, 0.15) is 11.6 Å². The largest absolute Gasteiger partial charge is 0.484 e. The van der Waals surface area contributed by atoms with Crippen molar-refractivity contribution >= 4 is 22.5 Å². The highest BCUT2D eigenvalue weighted by Gasteiger charge is 2.12. The summed E-state index contributed by atoms with van der Waals surface area (Å²) in [5.41, 5.74) is 3.83. The highest BCUT2D eigenvalue weighted by molar-refractivity contribution is 5.92. The third-order valence-corrected chi connectivity index (χ3v) is 5.05. The second-order valence-electron chi connectivity index (χ2n) is 7.47. The minimum Gasteiger partial charge on any atom is -0.484 e. The van der Waals surface area contributed by atoms with Gasteiger partial charge in [0.05, 0.1) is 16.6 Å². The zero-order valence-electron chi connectivity index (χ0n) is 17.7. The number of carbonyl (C=O) groups excluding carboxylic acids is 1. The predicted octanol–water partition coefficient (Wildman–Crippen LogP) is 4.33. The molecule has 6 nitrogen and oxygen atoms in total. The van der Waals surface area contributed by atoms with Gasteiger partial charge in [0.2, 0.25) is 0 Å². The van der Waals surface area contributed by atoms with E-state index in [1.165, 1.54) is 0 Å². The van der Waals surface area contributed by atoms with Crippen molar-refractivity contribution in [3.05, 3.63) is 94.0 Å². The van der Waals surface area contributed by atoms with Crippen LogP contribution in [0.4, 0.5) is 5.69 Å². The van der Waals surface area contributed by atoms with E-state index in [9.17, 15) is 9.59 Å². The summed E-state index contributed by atoms with van der Waals surface area (Å²) in [7, 11) is 0. The molecule has 0 spiro atoms. The first-order valence-corrected chi connectivity index (χ1v) is 10.0. The normalized spacial score (nSPS) is 10.8. The summed E-state index contributed by atoms with van der Waals surface area (Å²) in [6.07, 6.45) is 0. The van der Waals surface area contributed by atoms with Crippen molar-refractivity contribution in [3.8, 4) is 11.4 Å². The lowest BCUT2D eigenvalue weighted by Crippen LogP contribution is -2.23. The number of amides is 1. The maximum Gasteiger partial charge on any atom is 0.265 e. The molecular weight excluding hydrogens is 390 g/mol. The van der Waals surface area contributed by atoms with E-state index < -0.39 is 0 Å². The van der Waals surface area contributed by atoms with Gasteiger partial charge < -0.3 is 10.1 Å². The van der Waals surface area contributed by atoms with Crippen LogP contribution in [0.15, 0.2) is 71.5 Å². The van der Waals surface area contributed by atoms with Crippen molar-refractivity contribution in [1.82, 2.24) is 9.55 Å². The lowest BCUT2D eigenvalue weighted by molar-refractivity contribution is -0.118. The molecule has 0 atom stereocenters. The number of para-hydroxylation sites is 1. The number of rotatable bonds is 5. The van der Waals surface area contributed by atoms with Crippen molar-refractivity contribution in [2.45, 2.75) is 20.8 Å². The molecule has 0 radical (unpaired) electrons. The highest BCUT2D eigenvalue weighted by atomic mass is 16.5. The molecule has 0 aliphatic rings. The van der Waals surface area contributed by atoms with E-state index in [1.807, 2.05) is 69.3 Å². The average Bonchev–Trinajstić information content (AvgIpc) is 2.74. The first-order valence-electron chi connectivity index (χ1n) is 10.0. The Kier molecular flexibility index (Phi) is 5.54. The van der Waals surface area contributed by atoms with Crippen molar-refractivity contribution < 1.29 is 9.53 Å². The van der Waals surface area contributed by atoms with Gasteiger partial charge in [-0.05, 0) is 74.4 Å². The van der Waals surface area contributed by atoms with Crippen LogP contribution in [0.5, 0.6) is 5.75 Å². The molecule has 0 unspecified atom stereocenters. The summed E-state index contributed by atoms with van der Waals surface area (Å²) in [5, 5.41) is 3.43. The van der Waals surface area contributed by atoms with Crippen LogP contribution >= 0.6 is 0 Å². The molecule has 0 saturated heterocycles. The van der Waals surface area contributed by atoms with Crippen LogP contribution in [0.3, 0.4) is 0 Å². The van der Waals surface area contributed by atoms with Crippen LogP contribution in [0, 0.1) is 20.8 Å².